The predicted octanol–water partition coefficient (Wildman–Crippen LogP) is 2.50. The second-order valence-corrected chi connectivity index (χ2v) is 7.28. The molecule has 1 aromatic heterocycles. The Morgan fingerprint density at radius 2 is 2.25 bits per heavy atom. The Morgan fingerprint density at radius 1 is 1.38 bits per heavy atom. The number of aromatic nitrogens is 1. The number of carbonyl (C=O) groups excluding carboxylic acids is 1. The number of pyridine rings is 1. The minimum Gasteiger partial charge on any atom is -0.486 e. The van der Waals surface area contributed by atoms with E-state index in [1.807, 2.05) is 12.1 Å². The molecule has 130 valence electrons. The van der Waals surface area contributed by atoms with Crippen molar-refractivity contribution in [2.45, 2.75) is 55.9 Å². The maximum atomic E-state index is 14.5. The fraction of sp³-hybridized carbons (Fsp3) is 0.667. The summed E-state index contributed by atoms with van der Waals surface area (Å²) in [6.45, 7) is 1.60. The molecule has 0 aromatic carbocycles. The lowest BCUT2D eigenvalue weighted by Gasteiger charge is -2.44. The monoisotopic (exact) mass is 334 g/mol. The Labute approximate surface area is 141 Å². The topological polar surface area (TPSA) is 51.7 Å². The number of rotatable bonds is 3. The number of hydrogen-bond acceptors (Lipinski definition) is 4. The van der Waals surface area contributed by atoms with Crippen LogP contribution in [0, 0.1) is 0 Å². The first-order chi connectivity index (χ1) is 11.6. The van der Waals surface area contributed by atoms with Crippen LogP contribution in [0.25, 0.3) is 0 Å². The van der Waals surface area contributed by atoms with E-state index in [0.29, 0.717) is 32.5 Å². The third kappa shape index (κ3) is 2.88. The summed E-state index contributed by atoms with van der Waals surface area (Å²) in [5.41, 5.74) is -2.01. The quantitative estimate of drug-likeness (QED) is 0.852. The number of hydrogen-bond donors (Lipinski definition) is 0. The standard InChI is InChI=1S/C18H23FN2O3/c19-18(6-2-7-18)16(22)21-9-3-5-17(13-21)10-15(12-23-17)24-14-4-1-8-20-11-14/h1,4,8,11,15H,2-3,5-7,9-10,12-13H2/t15-,17-/m1/s1. The number of halogens is 1. The van der Waals surface area contributed by atoms with Crippen molar-refractivity contribution >= 4 is 5.91 Å². The van der Waals surface area contributed by atoms with Crippen molar-refractivity contribution in [3.8, 4) is 5.75 Å². The van der Waals surface area contributed by atoms with Gasteiger partial charge in [-0.1, -0.05) is 0 Å². The maximum Gasteiger partial charge on any atom is 0.260 e. The van der Waals surface area contributed by atoms with Gasteiger partial charge in [-0.05, 0) is 44.2 Å². The average molecular weight is 334 g/mol. The van der Waals surface area contributed by atoms with E-state index in [4.69, 9.17) is 9.47 Å². The molecule has 6 heteroatoms. The number of nitrogens with zero attached hydrogens (tertiary/aromatic N) is 2. The van der Waals surface area contributed by atoms with E-state index in [0.717, 1.165) is 31.4 Å². The summed E-state index contributed by atoms with van der Waals surface area (Å²) in [4.78, 5) is 18.2. The van der Waals surface area contributed by atoms with Crippen molar-refractivity contribution < 1.29 is 18.7 Å². The van der Waals surface area contributed by atoms with E-state index in [1.54, 1.807) is 17.3 Å². The molecule has 4 rings (SSSR count). The smallest absolute Gasteiger partial charge is 0.260 e. The molecule has 24 heavy (non-hydrogen) atoms. The number of likely N-dealkylation sites (tertiary alicyclic amines) is 1. The van der Waals surface area contributed by atoms with Crippen molar-refractivity contribution in [3.63, 3.8) is 0 Å². The Hall–Kier alpha value is -1.69. The van der Waals surface area contributed by atoms with Crippen LogP contribution in [0.3, 0.4) is 0 Å². The van der Waals surface area contributed by atoms with Crippen LogP contribution in [0.2, 0.25) is 0 Å². The summed E-state index contributed by atoms with van der Waals surface area (Å²) in [5, 5.41) is 0. The first-order valence-corrected chi connectivity index (χ1v) is 8.78. The summed E-state index contributed by atoms with van der Waals surface area (Å²) >= 11 is 0. The predicted molar refractivity (Wildman–Crippen MR) is 85.5 cm³/mol. The number of carbonyl (C=O) groups is 1. The van der Waals surface area contributed by atoms with Crippen LogP contribution in [0.1, 0.15) is 38.5 Å². The largest absolute Gasteiger partial charge is 0.486 e. The van der Waals surface area contributed by atoms with Gasteiger partial charge in [0.05, 0.1) is 18.4 Å². The summed E-state index contributed by atoms with van der Waals surface area (Å²) in [5.74, 6) is 0.386. The highest BCUT2D eigenvalue weighted by molar-refractivity contribution is 5.86. The molecular formula is C18H23FN2O3. The van der Waals surface area contributed by atoms with E-state index < -0.39 is 5.67 Å². The van der Waals surface area contributed by atoms with Crippen LogP contribution in [-0.4, -0.2) is 52.9 Å². The van der Waals surface area contributed by atoms with Crippen LogP contribution in [0.4, 0.5) is 4.39 Å². The van der Waals surface area contributed by atoms with Gasteiger partial charge in [-0.2, -0.15) is 0 Å². The highest BCUT2D eigenvalue weighted by Crippen LogP contribution is 2.41. The van der Waals surface area contributed by atoms with Crippen molar-refractivity contribution in [1.29, 1.82) is 0 Å². The van der Waals surface area contributed by atoms with Crippen LogP contribution in [-0.2, 0) is 9.53 Å². The first-order valence-electron chi connectivity index (χ1n) is 8.78. The lowest BCUT2D eigenvalue weighted by atomic mass is 9.79. The Bertz CT molecular complexity index is 608. The van der Waals surface area contributed by atoms with Crippen molar-refractivity contribution in [1.82, 2.24) is 9.88 Å². The molecule has 3 aliphatic rings. The van der Waals surface area contributed by atoms with Crippen molar-refractivity contribution in [2.24, 2.45) is 0 Å². The number of piperidine rings is 1. The van der Waals surface area contributed by atoms with Crippen LogP contribution in [0.15, 0.2) is 24.5 Å². The summed E-state index contributed by atoms with van der Waals surface area (Å²) in [6.07, 6.45) is 7.34. The molecule has 5 nitrogen and oxygen atoms in total. The maximum absolute atomic E-state index is 14.5. The molecule has 0 unspecified atom stereocenters. The van der Waals surface area contributed by atoms with E-state index in [2.05, 4.69) is 4.98 Å². The Morgan fingerprint density at radius 3 is 2.96 bits per heavy atom. The third-order valence-electron chi connectivity index (χ3n) is 5.47. The lowest BCUT2D eigenvalue weighted by Crippen LogP contribution is -2.57. The van der Waals surface area contributed by atoms with Gasteiger partial charge in [-0.3, -0.25) is 9.78 Å². The molecule has 1 amide bonds. The molecule has 0 radical (unpaired) electrons. The summed E-state index contributed by atoms with van der Waals surface area (Å²) in [7, 11) is 0. The summed E-state index contributed by atoms with van der Waals surface area (Å²) < 4.78 is 26.4. The van der Waals surface area contributed by atoms with E-state index in [1.165, 1.54) is 0 Å². The highest BCUT2D eigenvalue weighted by atomic mass is 19.1. The van der Waals surface area contributed by atoms with Gasteiger partial charge < -0.3 is 14.4 Å². The van der Waals surface area contributed by atoms with Gasteiger partial charge in [0, 0.05) is 25.7 Å². The van der Waals surface area contributed by atoms with Crippen LogP contribution < -0.4 is 4.74 Å². The Balaban J connectivity index is 1.39. The molecule has 3 fully saturated rings. The number of alkyl halides is 1. The molecular weight excluding hydrogens is 311 g/mol. The molecule has 0 N–H and O–H groups in total. The number of amides is 1. The minimum absolute atomic E-state index is 0.0488. The average Bonchev–Trinajstić information content (AvgIpc) is 2.95. The number of ether oxygens (including phenoxy) is 2. The molecule has 1 spiro atoms. The van der Waals surface area contributed by atoms with Gasteiger partial charge in [-0.15, -0.1) is 0 Å². The zero-order valence-electron chi connectivity index (χ0n) is 13.7. The molecule has 1 aliphatic carbocycles. The first kappa shape index (κ1) is 15.8. The molecule has 2 saturated heterocycles. The highest BCUT2D eigenvalue weighted by Gasteiger charge is 2.51. The molecule has 1 aromatic rings. The second kappa shape index (κ2) is 5.99. The third-order valence-corrected chi connectivity index (χ3v) is 5.47. The molecule has 1 saturated carbocycles. The second-order valence-electron chi connectivity index (χ2n) is 7.28. The zero-order valence-corrected chi connectivity index (χ0v) is 13.7. The molecule has 0 bridgehead atoms. The SMILES string of the molecule is O=C(N1CCC[C@@]2(C[C@@H](Oc3cccnc3)CO2)C1)C1(F)CCC1. The zero-order chi connectivity index (χ0) is 16.6. The normalized spacial score (nSPS) is 31.7. The van der Waals surface area contributed by atoms with Crippen LogP contribution >= 0.6 is 0 Å². The van der Waals surface area contributed by atoms with Crippen molar-refractivity contribution in [3.05, 3.63) is 24.5 Å². The van der Waals surface area contributed by atoms with E-state index >= 15 is 0 Å². The van der Waals surface area contributed by atoms with Gasteiger partial charge in [0.1, 0.15) is 11.9 Å². The minimum atomic E-state index is -1.62. The lowest BCUT2D eigenvalue weighted by molar-refractivity contribution is -0.157. The van der Waals surface area contributed by atoms with Gasteiger partial charge in [0.25, 0.3) is 5.91 Å². The fourth-order valence-corrected chi connectivity index (χ4v) is 4.03. The summed E-state index contributed by atoms with van der Waals surface area (Å²) in [6, 6.07) is 3.71. The van der Waals surface area contributed by atoms with Gasteiger partial charge in [0.2, 0.25) is 0 Å². The van der Waals surface area contributed by atoms with Crippen molar-refractivity contribution in [2.75, 3.05) is 19.7 Å². The van der Waals surface area contributed by atoms with Crippen LogP contribution in [0.5, 0.6) is 5.75 Å². The van der Waals surface area contributed by atoms with Gasteiger partial charge >= 0.3 is 0 Å². The fourth-order valence-electron chi connectivity index (χ4n) is 4.03. The molecule has 2 atom stereocenters. The van der Waals surface area contributed by atoms with Gasteiger partial charge in [0.15, 0.2) is 5.67 Å². The van der Waals surface area contributed by atoms with E-state index in [9.17, 15) is 9.18 Å². The molecule has 3 heterocycles. The van der Waals surface area contributed by atoms with E-state index in [-0.39, 0.29) is 17.6 Å². The Kier molecular flexibility index (Phi) is 3.95. The molecule has 2 aliphatic heterocycles. The van der Waals surface area contributed by atoms with Gasteiger partial charge in [-0.25, -0.2) is 4.39 Å².